The van der Waals surface area contributed by atoms with Crippen molar-refractivity contribution >= 4 is 28.2 Å². The van der Waals surface area contributed by atoms with Gasteiger partial charge in [0.05, 0.1) is 18.8 Å². The minimum absolute atomic E-state index is 0.0272. The Morgan fingerprint density at radius 2 is 2.03 bits per heavy atom. The van der Waals surface area contributed by atoms with Crippen LogP contribution in [0.2, 0.25) is 0 Å². The van der Waals surface area contributed by atoms with Crippen LogP contribution in [0.4, 0.5) is 0 Å². The Kier molecular flexibility index (Phi) is 4.52. The van der Waals surface area contributed by atoms with E-state index in [-0.39, 0.29) is 11.3 Å². The van der Waals surface area contributed by atoms with E-state index in [2.05, 4.69) is 21.6 Å². The summed E-state index contributed by atoms with van der Waals surface area (Å²) >= 11 is 0. The highest BCUT2D eigenvalue weighted by Gasteiger charge is 2.13. The maximum absolute atomic E-state index is 12.8. The van der Waals surface area contributed by atoms with Crippen LogP contribution in [0.25, 0.3) is 21.9 Å². The molecule has 8 nitrogen and oxygen atoms in total. The number of methoxy groups -OCH3 is 1. The molecule has 0 radical (unpaired) electrons. The monoisotopic (exact) mass is 390 g/mol. The number of fused-ring (bicyclic) bond motifs is 3. The number of rotatable bonds is 5. The molecule has 2 aromatic carbocycles. The number of aromatic nitrogens is 3. The van der Waals surface area contributed by atoms with Gasteiger partial charge in [0.25, 0.3) is 0 Å². The van der Waals surface area contributed by atoms with Gasteiger partial charge < -0.3 is 19.8 Å². The molecular formula is C21H18N4O4. The number of nitrogens with zero attached hydrogens (tertiary/aromatic N) is 2. The second kappa shape index (κ2) is 7.16. The number of benzene rings is 2. The summed E-state index contributed by atoms with van der Waals surface area (Å²) in [6.45, 7) is 3.65. The predicted octanol–water partition coefficient (Wildman–Crippen LogP) is 2.50. The Morgan fingerprint density at radius 3 is 2.79 bits per heavy atom. The quantitative estimate of drug-likeness (QED) is 0.359. The second-order valence-corrected chi connectivity index (χ2v) is 6.43. The fraction of sp³-hybridized carbons (Fsp3) is 0.0952. The number of phenols is 1. The first-order chi connectivity index (χ1) is 14.0. The lowest BCUT2D eigenvalue weighted by Crippen LogP contribution is -2.32. The normalized spacial score (nSPS) is 11.5. The van der Waals surface area contributed by atoms with Crippen molar-refractivity contribution in [2.45, 2.75) is 6.42 Å². The number of aromatic amines is 2. The van der Waals surface area contributed by atoms with E-state index in [1.165, 1.54) is 6.21 Å². The molecule has 0 fully saturated rings. The molecule has 0 aliphatic rings. The summed E-state index contributed by atoms with van der Waals surface area (Å²) in [6.07, 6.45) is 3.43. The topological polar surface area (TPSA) is 112 Å². The van der Waals surface area contributed by atoms with E-state index in [4.69, 9.17) is 4.74 Å². The van der Waals surface area contributed by atoms with Gasteiger partial charge in [0.1, 0.15) is 17.0 Å². The van der Waals surface area contributed by atoms with Crippen LogP contribution in [0.15, 0.2) is 63.7 Å². The van der Waals surface area contributed by atoms with Crippen molar-refractivity contribution in [3.63, 3.8) is 0 Å². The average Bonchev–Trinajstić information content (AvgIpc) is 3.08. The lowest BCUT2D eigenvalue weighted by atomic mass is 10.1. The van der Waals surface area contributed by atoms with Gasteiger partial charge in [0.15, 0.2) is 0 Å². The van der Waals surface area contributed by atoms with Crippen LogP contribution < -0.4 is 16.0 Å². The van der Waals surface area contributed by atoms with E-state index in [1.807, 2.05) is 0 Å². The lowest BCUT2D eigenvalue weighted by Gasteiger charge is -2.04. The first-order valence-corrected chi connectivity index (χ1v) is 8.84. The number of ether oxygens (including phenoxy) is 1. The Hall–Kier alpha value is -4.07. The summed E-state index contributed by atoms with van der Waals surface area (Å²) in [5, 5.41) is 15.0. The van der Waals surface area contributed by atoms with Gasteiger partial charge in [0.2, 0.25) is 0 Å². The molecule has 2 aromatic heterocycles. The number of aromatic hydroxyl groups is 1. The standard InChI is InChI=1S/C21H18N4O4/c1-3-5-12-6-4-7-13(19(12)26)11-22-25-20(27)18-17(24-21(25)28)15-10-14(29-2)8-9-16(15)23-18/h3-4,6-11,23,26H,1,5H2,2H3,(H,24,28)/b22-11+. The molecule has 3 N–H and O–H groups in total. The van der Waals surface area contributed by atoms with Gasteiger partial charge in [-0.1, -0.05) is 18.2 Å². The van der Waals surface area contributed by atoms with Gasteiger partial charge in [-0.25, -0.2) is 4.79 Å². The maximum Gasteiger partial charge on any atom is 0.350 e. The van der Waals surface area contributed by atoms with Gasteiger partial charge in [-0.3, -0.25) is 4.79 Å². The Morgan fingerprint density at radius 1 is 1.21 bits per heavy atom. The number of H-pyrrole nitrogens is 2. The molecule has 0 amide bonds. The van der Waals surface area contributed by atoms with Crippen molar-refractivity contribution < 1.29 is 9.84 Å². The van der Waals surface area contributed by atoms with Crippen LogP contribution in [0.5, 0.6) is 11.5 Å². The number of hydrogen-bond donors (Lipinski definition) is 3. The third-order valence-corrected chi connectivity index (χ3v) is 4.66. The smallest absolute Gasteiger partial charge is 0.350 e. The fourth-order valence-corrected chi connectivity index (χ4v) is 3.21. The Balaban J connectivity index is 1.85. The molecule has 0 bridgehead atoms. The molecule has 8 heteroatoms. The van der Waals surface area contributed by atoms with Gasteiger partial charge in [-0.05, 0) is 36.2 Å². The van der Waals surface area contributed by atoms with Gasteiger partial charge in [0, 0.05) is 16.5 Å². The van der Waals surface area contributed by atoms with E-state index in [1.54, 1.807) is 49.6 Å². The zero-order valence-electron chi connectivity index (χ0n) is 15.6. The van der Waals surface area contributed by atoms with E-state index >= 15 is 0 Å². The zero-order valence-corrected chi connectivity index (χ0v) is 15.6. The van der Waals surface area contributed by atoms with E-state index in [9.17, 15) is 14.7 Å². The molecule has 2 heterocycles. The van der Waals surface area contributed by atoms with Crippen LogP contribution in [-0.2, 0) is 6.42 Å². The first kappa shape index (κ1) is 18.3. The van der Waals surface area contributed by atoms with Crippen LogP contribution in [0.1, 0.15) is 11.1 Å². The third kappa shape index (κ3) is 3.10. The summed E-state index contributed by atoms with van der Waals surface area (Å²) in [4.78, 5) is 31.0. The number of phenolic OH excluding ortho intramolecular Hbond substituents is 1. The molecule has 0 saturated heterocycles. The molecule has 0 atom stereocenters. The third-order valence-electron chi connectivity index (χ3n) is 4.66. The highest BCUT2D eigenvalue weighted by molar-refractivity contribution is 6.04. The molecule has 146 valence electrons. The minimum Gasteiger partial charge on any atom is -0.507 e. The van der Waals surface area contributed by atoms with Crippen molar-refractivity contribution in [3.8, 4) is 11.5 Å². The predicted molar refractivity (Wildman–Crippen MR) is 112 cm³/mol. The van der Waals surface area contributed by atoms with Gasteiger partial charge in [-0.2, -0.15) is 5.10 Å². The molecule has 4 aromatic rings. The second-order valence-electron chi connectivity index (χ2n) is 6.43. The molecule has 0 aliphatic carbocycles. The molecule has 0 unspecified atom stereocenters. The van der Waals surface area contributed by atoms with Crippen molar-refractivity contribution in [3.05, 3.63) is 81.0 Å². The summed E-state index contributed by atoms with van der Waals surface area (Å²) in [5.41, 5.74) is 1.05. The summed E-state index contributed by atoms with van der Waals surface area (Å²) in [6, 6.07) is 10.4. The van der Waals surface area contributed by atoms with Crippen molar-refractivity contribution in [1.29, 1.82) is 0 Å². The number of nitrogens with one attached hydrogen (secondary N) is 2. The van der Waals surface area contributed by atoms with E-state index < -0.39 is 11.2 Å². The minimum atomic E-state index is -0.691. The number of hydrogen-bond acceptors (Lipinski definition) is 5. The lowest BCUT2D eigenvalue weighted by molar-refractivity contribution is 0.415. The summed E-state index contributed by atoms with van der Waals surface area (Å²) < 4.78 is 5.92. The molecule has 29 heavy (non-hydrogen) atoms. The Labute approximate surface area is 164 Å². The first-order valence-electron chi connectivity index (χ1n) is 8.84. The largest absolute Gasteiger partial charge is 0.507 e. The molecular weight excluding hydrogens is 372 g/mol. The van der Waals surface area contributed by atoms with E-state index in [0.29, 0.717) is 44.4 Å². The van der Waals surface area contributed by atoms with Crippen molar-refractivity contribution in [1.82, 2.24) is 14.6 Å². The molecule has 4 rings (SSSR count). The van der Waals surface area contributed by atoms with Crippen LogP contribution in [-0.4, -0.2) is 33.1 Å². The molecule has 0 spiro atoms. The SMILES string of the molecule is C=CCc1cccc(/C=N/n2c(=O)[nH]c3c([nH]c4ccc(OC)cc43)c2=O)c1O. The highest BCUT2D eigenvalue weighted by Crippen LogP contribution is 2.25. The summed E-state index contributed by atoms with van der Waals surface area (Å²) in [7, 11) is 1.54. The average molecular weight is 390 g/mol. The zero-order chi connectivity index (χ0) is 20.5. The number of para-hydroxylation sites is 1. The highest BCUT2D eigenvalue weighted by atomic mass is 16.5. The number of allylic oxidation sites excluding steroid dienone is 1. The van der Waals surface area contributed by atoms with Crippen LogP contribution in [0.3, 0.4) is 0 Å². The van der Waals surface area contributed by atoms with Crippen LogP contribution in [0, 0.1) is 0 Å². The van der Waals surface area contributed by atoms with E-state index in [0.717, 1.165) is 0 Å². The van der Waals surface area contributed by atoms with Crippen LogP contribution >= 0.6 is 0 Å². The van der Waals surface area contributed by atoms with Crippen molar-refractivity contribution in [2.75, 3.05) is 7.11 Å². The Bertz CT molecular complexity index is 1390. The van der Waals surface area contributed by atoms with Gasteiger partial charge >= 0.3 is 11.2 Å². The molecule has 0 aliphatic heterocycles. The van der Waals surface area contributed by atoms with Crippen molar-refractivity contribution in [2.24, 2.45) is 5.10 Å². The molecule has 0 saturated carbocycles. The maximum atomic E-state index is 12.8. The van der Waals surface area contributed by atoms with Gasteiger partial charge in [-0.15, -0.1) is 11.3 Å². The fourth-order valence-electron chi connectivity index (χ4n) is 3.21. The summed E-state index contributed by atoms with van der Waals surface area (Å²) in [5.74, 6) is 0.635.